The summed E-state index contributed by atoms with van der Waals surface area (Å²) in [6.07, 6.45) is 10.1. The smallest absolute Gasteiger partial charge is 0.222 e. The number of aromatic nitrogens is 3. The molecule has 1 saturated heterocycles. The van der Waals surface area contributed by atoms with Gasteiger partial charge in [-0.25, -0.2) is 0 Å². The Morgan fingerprint density at radius 1 is 1.35 bits per heavy atom. The molecule has 5 heteroatoms. The van der Waals surface area contributed by atoms with Crippen LogP contribution in [0.1, 0.15) is 76.6 Å². The van der Waals surface area contributed by atoms with Crippen LogP contribution in [0.25, 0.3) is 0 Å². The normalized spacial score (nSPS) is 26.6. The molecule has 0 aromatic carbocycles. The lowest BCUT2D eigenvalue weighted by molar-refractivity contribution is -0.131. The van der Waals surface area contributed by atoms with Gasteiger partial charge in [0.25, 0.3) is 0 Å². The first-order valence-electron chi connectivity index (χ1n) is 9.26. The molecule has 1 atom stereocenters. The van der Waals surface area contributed by atoms with Gasteiger partial charge in [-0.3, -0.25) is 4.79 Å². The van der Waals surface area contributed by atoms with Crippen molar-refractivity contribution in [1.82, 2.24) is 19.7 Å². The van der Waals surface area contributed by atoms with Gasteiger partial charge in [0.1, 0.15) is 12.2 Å². The molecule has 0 radical (unpaired) electrons. The van der Waals surface area contributed by atoms with Crippen LogP contribution in [-0.4, -0.2) is 38.7 Å². The summed E-state index contributed by atoms with van der Waals surface area (Å²) in [5.74, 6) is 2.28. The van der Waals surface area contributed by atoms with E-state index < -0.39 is 0 Å². The maximum absolute atomic E-state index is 12.6. The first-order chi connectivity index (χ1) is 11.1. The van der Waals surface area contributed by atoms with E-state index in [9.17, 15) is 4.79 Å². The Bertz CT molecular complexity index is 584. The van der Waals surface area contributed by atoms with Gasteiger partial charge in [-0.1, -0.05) is 26.7 Å². The second-order valence-corrected chi connectivity index (χ2v) is 8.32. The van der Waals surface area contributed by atoms with Gasteiger partial charge in [-0.15, -0.1) is 10.2 Å². The third-order valence-corrected chi connectivity index (χ3v) is 6.04. The second kappa shape index (κ2) is 5.60. The summed E-state index contributed by atoms with van der Waals surface area (Å²) in [6.45, 7) is 6.03. The zero-order valence-electron chi connectivity index (χ0n) is 14.4. The van der Waals surface area contributed by atoms with E-state index >= 15 is 0 Å². The molecule has 23 heavy (non-hydrogen) atoms. The molecular weight excluding hydrogens is 288 g/mol. The van der Waals surface area contributed by atoms with Gasteiger partial charge in [0.2, 0.25) is 5.91 Å². The van der Waals surface area contributed by atoms with Crippen molar-refractivity contribution in [3.8, 4) is 0 Å². The minimum Gasteiger partial charge on any atom is -0.341 e. The highest BCUT2D eigenvalue weighted by Gasteiger charge is 2.52. The zero-order valence-corrected chi connectivity index (χ0v) is 14.4. The van der Waals surface area contributed by atoms with Crippen LogP contribution in [0.15, 0.2) is 6.33 Å². The summed E-state index contributed by atoms with van der Waals surface area (Å²) in [7, 11) is 0. The minimum absolute atomic E-state index is 0.256. The number of likely N-dealkylation sites (tertiary alicyclic amines) is 1. The molecule has 1 unspecified atom stereocenters. The fraction of sp³-hybridized carbons (Fsp3) is 0.833. The van der Waals surface area contributed by atoms with Gasteiger partial charge in [0.15, 0.2) is 0 Å². The zero-order chi connectivity index (χ0) is 16.0. The molecule has 1 aliphatic heterocycles. The van der Waals surface area contributed by atoms with Crippen molar-refractivity contribution in [3.05, 3.63) is 12.2 Å². The number of carbonyl (C=O) groups is 1. The Morgan fingerprint density at radius 2 is 2.09 bits per heavy atom. The molecule has 1 amide bonds. The fourth-order valence-corrected chi connectivity index (χ4v) is 4.71. The summed E-state index contributed by atoms with van der Waals surface area (Å²) in [5.41, 5.74) is 0.256. The van der Waals surface area contributed by atoms with Gasteiger partial charge in [0, 0.05) is 31.5 Å². The second-order valence-electron chi connectivity index (χ2n) is 8.32. The number of nitrogens with zero attached hydrogens (tertiary/aromatic N) is 4. The lowest BCUT2D eigenvalue weighted by Crippen LogP contribution is -2.31. The Hall–Kier alpha value is -1.39. The van der Waals surface area contributed by atoms with E-state index in [4.69, 9.17) is 0 Å². The number of amides is 1. The van der Waals surface area contributed by atoms with E-state index in [1.807, 2.05) is 6.33 Å². The SMILES string of the molecule is CC(C)CC(=O)N1CC(c2nncn2C2CC2)C2(CCCC2)C1. The van der Waals surface area contributed by atoms with Gasteiger partial charge < -0.3 is 9.47 Å². The van der Waals surface area contributed by atoms with Crippen LogP contribution >= 0.6 is 0 Å². The van der Waals surface area contributed by atoms with E-state index in [1.165, 1.54) is 38.5 Å². The van der Waals surface area contributed by atoms with Crippen molar-refractivity contribution >= 4 is 5.91 Å². The average molecular weight is 316 g/mol. The molecular formula is C18H28N4O. The molecule has 5 nitrogen and oxygen atoms in total. The molecule has 0 N–H and O–H groups in total. The molecule has 3 aliphatic rings. The Kier molecular flexibility index (Phi) is 3.69. The van der Waals surface area contributed by atoms with Crippen molar-refractivity contribution in [2.24, 2.45) is 11.3 Å². The summed E-state index contributed by atoms with van der Waals surface area (Å²) >= 11 is 0. The van der Waals surface area contributed by atoms with E-state index in [0.717, 1.165) is 18.9 Å². The third-order valence-electron chi connectivity index (χ3n) is 6.04. The highest BCUT2D eigenvalue weighted by atomic mass is 16.2. The molecule has 1 aromatic heterocycles. The molecule has 1 aromatic rings. The van der Waals surface area contributed by atoms with Crippen LogP contribution < -0.4 is 0 Å². The first-order valence-corrected chi connectivity index (χ1v) is 9.26. The van der Waals surface area contributed by atoms with Crippen molar-refractivity contribution in [2.75, 3.05) is 13.1 Å². The highest BCUT2D eigenvalue weighted by Crippen LogP contribution is 2.54. The van der Waals surface area contributed by atoms with Crippen LogP contribution in [0.2, 0.25) is 0 Å². The van der Waals surface area contributed by atoms with Crippen molar-refractivity contribution < 1.29 is 4.79 Å². The molecule has 3 fully saturated rings. The lowest BCUT2D eigenvalue weighted by Gasteiger charge is -2.29. The summed E-state index contributed by atoms with van der Waals surface area (Å²) in [5, 5.41) is 8.72. The quantitative estimate of drug-likeness (QED) is 0.857. The highest BCUT2D eigenvalue weighted by molar-refractivity contribution is 5.77. The number of hydrogen-bond donors (Lipinski definition) is 0. The minimum atomic E-state index is 0.256. The predicted octanol–water partition coefficient (Wildman–Crippen LogP) is 3.15. The van der Waals surface area contributed by atoms with Crippen LogP contribution in [0.5, 0.6) is 0 Å². The van der Waals surface area contributed by atoms with Gasteiger partial charge in [-0.2, -0.15) is 0 Å². The summed E-state index contributed by atoms with van der Waals surface area (Å²) in [6, 6.07) is 0.610. The fourth-order valence-electron chi connectivity index (χ4n) is 4.71. The molecule has 1 spiro atoms. The van der Waals surface area contributed by atoms with Crippen LogP contribution in [0.3, 0.4) is 0 Å². The maximum atomic E-state index is 12.6. The standard InChI is InChI=1S/C18H28N4O/c1-13(2)9-16(23)21-10-15(18(11-21)7-3-4-8-18)17-20-19-12-22(17)14-5-6-14/h12-15H,3-11H2,1-2H3. The maximum Gasteiger partial charge on any atom is 0.222 e. The lowest BCUT2D eigenvalue weighted by atomic mass is 9.76. The molecule has 2 heterocycles. The molecule has 4 rings (SSSR count). The predicted molar refractivity (Wildman–Crippen MR) is 88.0 cm³/mol. The van der Waals surface area contributed by atoms with Crippen LogP contribution in [0, 0.1) is 11.3 Å². The Morgan fingerprint density at radius 3 is 2.74 bits per heavy atom. The largest absolute Gasteiger partial charge is 0.341 e. The number of hydrogen-bond acceptors (Lipinski definition) is 3. The van der Waals surface area contributed by atoms with E-state index in [2.05, 4.69) is 33.5 Å². The molecule has 0 bridgehead atoms. The average Bonchev–Trinajstić information content (AvgIpc) is 2.96. The van der Waals surface area contributed by atoms with E-state index in [0.29, 0.717) is 30.2 Å². The van der Waals surface area contributed by atoms with E-state index in [1.54, 1.807) is 0 Å². The monoisotopic (exact) mass is 316 g/mol. The van der Waals surface area contributed by atoms with Crippen molar-refractivity contribution in [3.63, 3.8) is 0 Å². The number of carbonyl (C=O) groups excluding carboxylic acids is 1. The Labute approximate surface area is 138 Å². The van der Waals surface area contributed by atoms with Crippen LogP contribution in [0.4, 0.5) is 0 Å². The molecule has 126 valence electrons. The van der Waals surface area contributed by atoms with E-state index in [-0.39, 0.29) is 5.41 Å². The van der Waals surface area contributed by atoms with Gasteiger partial charge in [-0.05, 0) is 37.0 Å². The molecule has 2 aliphatic carbocycles. The topological polar surface area (TPSA) is 51.0 Å². The number of rotatable bonds is 4. The summed E-state index contributed by atoms with van der Waals surface area (Å²) in [4.78, 5) is 14.8. The van der Waals surface area contributed by atoms with Gasteiger partial charge in [0.05, 0.1) is 0 Å². The third kappa shape index (κ3) is 2.68. The van der Waals surface area contributed by atoms with Gasteiger partial charge >= 0.3 is 0 Å². The van der Waals surface area contributed by atoms with Crippen molar-refractivity contribution in [1.29, 1.82) is 0 Å². The first kappa shape index (κ1) is 15.2. The van der Waals surface area contributed by atoms with Crippen molar-refractivity contribution in [2.45, 2.75) is 70.8 Å². The Balaban J connectivity index is 1.61. The van der Waals surface area contributed by atoms with Crippen LogP contribution in [-0.2, 0) is 4.79 Å². The summed E-state index contributed by atoms with van der Waals surface area (Å²) < 4.78 is 2.31. The molecule has 2 saturated carbocycles.